The van der Waals surface area contributed by atoms with Gasteiger partial charge in [0, 0.05) is 26.2 Å². The Labute approximate surface area is 201 Å². The lowest BCUT2D eigenvalue weighted by atomic mass is 9.85. The molecule has 182 valence electrons. The maximum atomic E-state index is 13.6. The normalized spacial score (nSPS) is 17.2. The minimum atomic E-state index is -3.60. The number of hydrogen-bond acceptors (Lipinski definition) is 5. The third-order valence-electron chi connectivity index (χ3n) is 6.77. The van der Waals surface area contributed by atoms with Crippen molar-refractivity contribution in [3.63, 3.8) is 0 Å². The van der Waals surface area contributed by atoms with Crippen molar-refractivity contribution in [1.82, 2.24) is 19.2 Å². The summed E-state index contributed by atoms with van der Waals surface area (Å²) in [5.74, 6) is 0.601. The van der Waals surface area contributed by atoms with E-state index >= 15 is 0 Å². The molecule has 0 spiro atoms. The first-order valence-electron chi connectivity index (χ1n) is 11.7. The van der Waals surface area contributed by atoms with E-state index in [1.165, 1.54) is 0 Å². The fourth-order valence-corrected chi connectivity index (χ4v) is 6.56. The van der Waals surface area contributed by atoms with Crippen LogP contribution in [0.4, 0.5) is 0 Å². The lowest BCUT2D eigenvalue weighted by Crippen LogP contribution is -2.49. The molecule has 1 aliphatic heterocycles. The fourth-order valence-electron chi connectivity index (χ4n) is 4.73. The third kappa shape index (κ3) is 4.54. The Morgan fingerprint density at radius 1 is 1.00 bits per heavy atom. The summed E-state index contributed by atoms with van der Waals surface area (Å²) < 4.78 is 28.7. The first-order valence-corrected chi connectivity index (χ1v) is 13.2. The number of aryl methyl sites for hydroxylation is 2. The summed E-state index contributed by atoms with van der Waals surface area (Å²) in [4.78, 5) is 22.6. The number of nitrogens with one attached hydrogen (secondary N) is 1. The number of sulfonamides is 1. The van der Waals surface area contributed by atoms with Crippen molar-refractivity contribution in [1.29, 1.82) is 0 Å². The first-order chi connectivity index (χ1) is 15.9. The van der Waals surface area contributed by atoms with Crippen LogP contribution in [0.25, 0.3) is 10.9 Å². The molecule has 0 unspecified atom stereocenters. The summed E-state index contributed by atoms with van der Waals surface area (Å²) >= 11 is 0. The molecular weight excluding hydrogens is 448 g/mol. The van der Waals surface area contributed by atoms with Gasteiger partial charge in [-0.15, -0.1) is 0 Å². The number of hydrogen-bond donors (Lipinski definition) is 1. The minimum Gasteiger partial charge on any atom is -0.309 e. The van der Waals surface area contributed by atoms with Crippen LogP contribution < -0.4 is 5.56 Å². The van der Waals surface area contributed by atoms with Crippen LogP contribution in [0.1, 0.15) is 56.3 Å². The highest BCUT2D eigenvalue weighted by Gasteiger charge is 2.33. The lowest BCUT2D eigenvalue weighted by Gasteiger charge is -2.37. The molecule has 0 bridgehead atoms. The summed E-state index contributed by atoms with van der Waals surface area (Å²) in [5, 5.41) is 0.567. The number of para-hydroxylation sites is 1. The predicted octanol–water partition coefficient (Wildman–Crippen LogP) is 3.90. The highest BCUT2D eigenvalue weighted by molar-refractivity contribution is 7.89. The number of benzene rings is 2. The SMILES string of the molecule is Cc1cc(C(C)(C)C)cc(C)c1S(=O)(=O)N1CCN([C@@H](C)c2nc3ccccc3c(=O)[nH]2)CC1. The standard InChI is InChI=1S/C26H34N4O3S/c1-17-15-20(26(4,5)6)16-18(2)23(17)34(32,33)30-13-11-29(12-14-30)19(3)24-27-22-10-8-7-9-21(22)25(31)28-24/h7-10,15-16,19H,11-14H2,1-6H3,(H,27,28,31)/t19-/m0/s1. The molecule has 0 amide bonds. The van der Waals surface area contributed by atoms with Crippen molar-refractivity contribution in [2.45, 2.75) is 57.9 Å². The van der Waals surface area contributed by atoms with E-state index in [4.69, 9.17) is 0 Å². The van der Waals surface area contributed by atoms with Gasteiger partial charge in [0.25, 0.3) is 5.56 Å². The molecule has 1 fully saturated rings. The number of rotatable bonds is 4. The zero-order chi connectivity index (χ0) is 24.8. The Kier molecular flexibility index (Phi) is 6.44. The van der Waals surface area contributed by atoms with Gasteiger partial charge >= 0.3 is 0 Å². The van der Waals surface area contributed by atoms with Crippen LogP contribution in [0.2, 0.25) is 0 Å². The van der Waals surface area contributed by atoms with Gasteiger partial charge in [-0.25, -0.2) is 13.4 Å². The molecule has 2 aromatic carbocycles. The topological polar surface area (TPSA) is 86.4 Å². The van der Waals surface area contributed by atoms with E-state index in [-0.39, 0.29) is 17.0 Å². The van der Waals surface area contributed by atoms with Gasteiger partial charge in [0.1, 0.15) is 5.82 Å². The van der Waals surface area contributed by atoms with Gasteiger partial charge in [-0.3, -0.25) is 9.69 Å². The van der Waals surface area contributed by atoms with Crippen molar-refractivity contribution in [2.75, 3.05) is 26.2 Å². The van der Waals surface area contributed by atoms with E-state index in [0.717, 1.165) is 16.7 Å². The number of aromatic amines is 1. The van der Waals surface area contributed by atoms with E-state index in [1.807, 2.05) is 51.1 Å². The van der Waals surface area contributed by atoms with Gasteiger partial charge in [-0.2, -0.15) is 4.31 Å². The van der Waals surface area contributed by atoms with Crippen LogP contribution in [0.5, 0.6) is 0 Å². The summed E-state index contributed by atoms with van der Waals surface area (Å²) in [5.41, 5.74) is 3.18. The monoisotopic (exact) mass is 482 g/mol. The molecule has 34 heavy (non-hydrogen) atoms. The van der Waals surface area contributed by atoms with Crippen molar-refractivity contribution >= 4 is 20.9 Å². The average Bonchev–Trinajstić information content (AvgIpc) is 2.77. The zero-order valence-corrected chi connectivity index (χ0v) is 21.7. The summed E-state index contributed by atoms with van der Waals surface area (Å²) in [6.07, 6.45) is 0. The largest absolute Gasteiger partial charge is 0.309 e. The fraction of sp³-hybridized carbons (Fsp3) is 0.462. The van der Waals surface area contributed by atoms with Gasteiger partial charge < -0.3 is 4.98 Å². The van der Waals surface area contributed by atoms with Crippen molar-refractivity contribution in [3.8, 4) is 0 Å². The second-order valence-corrected chi connectivity index (χ2v) is 12.1. The van der Waals surface area contributed by atoms with E-state index in [1.54, 1.807) is 10.4 Å². The van der Waals surface area contributed by atoms with E-state index in [2.05, 4.69) is 35.6 Å². The molecular formula is C26H34N4O3S. The van der Waals surface area contributed by atoms with Crippen molar-refractivity contribution in [2.24, 2.45) is 0 Å². The molecule has 0 aliphatic carbocycles. The molecule has 4 rings (SSSR count). The second kappa shape index (κ2) is 8.91. The Morgan fingerprint density at radius 3 is 2.18 bits per heavy atom. The molecule has 3 aromatic rings. The average molecular weight is 483 g/mol. The van der Waals surface area contributed by atoms with Crippen molar-refractivity contribution < 1.29 is 8.42 Å². The number of H-pyrrole nitrogens is 1. The van der Waals surface area contributed by atoms with Crippen LogP contribution in [-0.4, -0.2) is 53.8 Å². The van der Waals surface area contributed by atoms with Crippen LogP contribution in [0.3, 0.4) is 0 Å². The zero-order valence-electron chi connectivity index (χ0n) is 20.8. The number of fused-ring (bicyclic) bond motifs is 1. The molecule has 1 aromatic heterocycles. The maximum absolute atomic E-state index is 13.6. The molecule has 8 heteroatoms. The Balaban J connectivity index is 1.53. The van der Waals surface area contributed by atoms with Crippen LogP contribution in [0.15, 0.2) is 46.1 Å². The summed E-state index contributed by atoms with van der Waals surface area (Å²) in [6.45, 7) is 14.1. The molecule has 0 saturated carbocycles. The van der Waals surface area contributed by atoms with Gasteiger partial charge in [0.15, 0.2) is 0 Å². The minimum absolute atomic E-state index is 0.0443. The van der Waals surface area contributed by atoms with E-state index < -0.39 is 10.0 Å². The second-order valence-electron chi connectivity index (χ2n) is 10.3. The van der Waals surface area contributed by atoms with Crippen LogP contribution in [0, 0.1) is 13.8 Å². The first kappa shape index (κ1) is 24.6. The molecule has 1 atom stereocenters. The number of nitrogens with zero attached hydrogens (tertiary/aromatic N) is 3. The van der Waals surface area contributed by atoms with E-state index in [9.17, 15) is 13.2 Å². The van der Waals surface area contributed by atoms with Crippen molar-refractivity contribution in [3.05, 3.63) is 69.3 Å². The third-order valence-corrected chi connectivity index (χ3v) is 8.98. The highest BCUT2D eigenvalue weighted by atomic mass is 32.2. The predicted molar refractivity (Wildman–Crippen MR) is 136 cm³/mol. The van der Waals surface area contributed by atoms with Gasteiger partial charge in [-0.1, -0.05) is 45.0 Å². The molecule has 1 aliphatic rings. The van der Waals surface area contributed by atoms with Gasteiger partial charge in [0.05, 0.1) is 21.8 Å². The van der Waals surface area contributed by atoms with Crippen LogP contribution in [-0.2, 0) is 15.4 Å². The van der Waals surface area contributed by atoms with E-state index in [0.29, 0.717) is 47.8 Å². The molecule has 0 radical (unpaired) electrons. The Hall–Kier alpha value is -2.55. The summed E-state index contributed by atoms with van der Waals surface area (Å²) in [6, 6.07) is 11.2. The Bertz CT molecular complexity index is 1360. The Morgan fingerprint density at radius 2 is 1.59 bits per heavy atom. The molecule has 1 N–H and O–H groups in total. The van der Waals surface area contributed by atoms with Crippen LogP contribution >= 0.6 is 0 Å². The maximum Gasteiger partial charge on any atom is 0.258 e. The lowest BCUT2D eigenvalue weighted by molar-refractivity contribution is 0.141. The smallest absolute Gasteiger partial charge is 0.258 e. The molecule has 1 saturated heterocycles. The number of aromatic nitrogens is 2. The van der Waals surface area contributed by atoms with Gasteiger partial charge in [0.2, 0.25) is 10.0 Å². The quantitative estimate of drug-likeness (QED) is 0.609. The highest BCUT2D eigenvalue weighted by Crippen LogP contribution is 2.31. The van der Waals surface area contributed by atoms with Gasteiger partial charge in [-0.05, 0) is 55.0 Å². The molecule has 7 nitrogen and oxygen atoms in total. The number of piperazine rings is 1. The molecule has 2 heterocycles. The summed E-state index contributed by atoms with van der Waals surface area (Å²) in [7, 11) is -3.60.